The molecule has 19 heavy (non-hydrogen) atoms. The van der Waals surface area contributed by atoms with E-state index >= 15 is 0 Å². The average Bonchev–Trinajstić information content (AvgIpc) is 2.38. The van der Waals surface area contributed by atoms with Crippen LogP contribution in [0.25, 0.3) is 0 Å². The quantitative estimate of drug-likeness (QED) is 0.194. The molecule has 0 saturated carbocycles. The number of hydrogen-bond donors (Lipinski definition) is 4. The van der Waals surface area contributed by atoms with Crippen molar-refractivity contribution in [3.8, 4) is 5.75 Å². The summed E-state index contributed by atoms with van der Waals surface area (Å²) in [4.78, 5) is 11.6. The minimum atomic E-state index is -0.0885. The van der Waals surface area contributed by atoms with Crippen molar-refractivity contribution in [1.29, 1.82) is 0 Å². The van der Waals surface area contributed by atoms with Gasteiger partial charge in [0, 0.05) is 13.0 Å². The second-order valence-corrected chi connectivity index (χ2v) is 4.25. The van der Waals surface area contributed by atoms with Crippen molar-refractivity contribution in [2.75, 3.05) is 6.54 Å². The van der Waals surface area contributed by atoms with Crippen LogP contribution in [0.1, 0.15) is 24.8 Å². The molecule has 1 aromatic carbocycles. The maximum atomic E-state index is 11.6. The van der Waals surface area contributed by atoms with E-state index in [1.165, 1.54) is 0 Å². The molecule has 1 aromatic rings. The molecule has 0 saturated heterocycles. The summed E-state index contributed by atoms with van der Waals surface area (Å²) in [5.74, 6) is 0.268. The SMILES string of the molecule is NC(CCCCNC(=O)Cc1cccc(O)c1)=NO. The third-order valence-electron chi connectivity index (χ3n) is 2.59. The van der Waals surface area contributed by atoms with E-state index in [1.807, 2.05) is 0 Å². The van der Waals surface area contributed by atoms with Crippen LogP contribution >= 0.6 is 0 Å². The molecule has 1 rings (SSSR count). The van der Waals surface area contributed by atoms with Crippen molar-refractivity contribution in [3.63, 3.8) is 0 Å². The fraction of sp³-hybridized carbons (Fsp3) is 0.385. The molecule has 5 N–H and O–H groups in total. The molecule has 1 amide bonds. The Hall–Kier alpha value is -2.24. The highest BCUT2D eigenvalue weighted by molar-refractivity contribution is 5.79. The second kappa shape index (κ2) is 7.97. The summed E-state index contributed by atoms with van der Waals surface area (Å²) in [6.45, 7) is 0.552. The number of nitrogens with zero attached hydrogens (tertiary/aromatic N) is 1. The number of carbonyl (C=O) groups excluding carboxylic acids is 1. The van der Waals surface area contributed by atoms with Crippen molar-refractivity contribution in [1.82, 2.24) is 5.32 Å². The summed E-state index contributed by atoms with van der Waals surface area (Å²) in [5.41, 5.74) is 6.09. The Morgan fingerprint density at radius 2 is 2.16 bits per heavy atom. The van der Waals surface area contributed by atoms with Gasteiger partial charge in [-0.1, -0.05) is 17.3 Å². The Morgan fingerprint density at radius 3 is 2.84 bits per heavy atom. The van der Waals surface area contributed by atoms with Crippen LogP contribution in [0.3, 0.4) is 0 Å². The van der Waals surface area contributed by atoms with E-state index in [4.69, 9.17) is 10.9 Å². The fourth-order valence-electron chi connectivity index (χ4n) is 1.62. The Morgan fingerprint density at radius 1 is 1.37 bits per heavy atom. The fourth-order valence-corrected chi connectivity index (χ4v) is 1.62. The van der Waals surface area contributed by atoms with Crippen LogP contribution in [-0.2, 0) is 11.2 Å². The number of rotatable bonds is 7. The molecule has 6 heteroatoms. The van der Waals surface area contributed by atoms with Crippen LogP contribution in [0.15, 0.2) is 29.4 Å². The van der Waals surface area contributed by atoms with E-state index < -0.39 is 0 Å². The summed E-state index contributed by atoms with van der Waals surface area (Å²) >= 11 is 0. The number of phenols is 1. The number of amides is 1. The van der Waals surface area contributed by atoms with Gasteiger partial charge in [-0.3, -0.25) is 4.79 Å². The third kappa shape index (κ3) is 6.30. The third-order valence-corrected chi connectivity index (χ3v) is 2.59. The van der Waals surface area contributed by atoms with Crippen molar-refractivity contribution in [2.45, 2.75) is 25.7 Å². The second-order valence-electron chi connectivity index (χ2n) is 4.25. The van der Waals surface area contributed by atoms with Crippen molar-refractivity contribution < 1.29 is 15.1 Å². The maximum Gasteiger partial charge on any atom is 0.224 e. The molecular weight excluding hydrogens is 246 g/mol. The monoisotopic (exact) mass is 265 g/mol. The Balaban J connectivity index is 2.18. The van der Waals surface area contributed by atoms with Crippen molar-refractivity contribution >= 4 is 11.7 Å². The van der Waals surface area contributed by atoms with E-state index in [2.05, 4.69) is 10.5 Å². The molecule has 0 aliphatic heterocycles. The molecular formula is C13H19N3O3. The van der Waals surface area contributed by atoms with Gasteiger partial charge in [0.05, 0.1) is 6.42 Å². The highest BCUT2D eigenvalue weighted by atomic mass is 16.4. The van der Waals surface area contributed by atoms with Crippen molar-refractivity contribution in [3.05, 3.63) is 29.8 Å². The number of nitrogens with two attached hydrogens (primary N) is 1. The number of benzene rings is 1. The number of unbranched alkanes of at least 4 members (excludes halogenated alkanes) is 1. The van der Waals surface area contributed by atoms with Gasteiger partial charge in [0.25, 0.3) is 0 Å². The van der Waals surface area contributed by atoms with E-state index in [0.717, 1.165) is 18.4 Å². The zero-order chi connectivity index (χ0) is 14.1. The molecule has 6 nitrogen and oxygen atoms in total. The van der Waals surface area contributed by atoms with Crippen LogP contribution < -0.4 is 11.1 Å². The van der Waals surface area contributed by atoms with E-state index in [-0.39, 0.29) is 23.9 Å². The highest BCUT2D eigenvalue weighted by Crippen LogP contribution is 2.11. The standard InChI is InChI=1S/C13H19N3O3/c14-12(16-19)6-1-2-7-15-13(18)9-10-4-3-5-11(17)8-10/h3-5,8,17,19H,1-2,6-7,9H2,(H2,14,16)(H,15,18). The van der Waals surface area contributed by atoms with Gasteiger partial charge in [-0.05, 0) is 30.5 Å². The molecule has 0 aliphatic carbocycles. The predicted octanol–water partition coefficient (Wildman–Crippen LogP) is 0.968. The van der Waals surface area contributed by atoms with Gasteiger partial charge in [-0.25, -0.2) is 0 Å². The zero-order valence-corrected chi connectivity index (χ0v) is 10.7. The number of oxime groups is 1. The van der Waals surface area contributed by atoms with Gasteiger partial charge in [-0.2, -0.15) is 0 Å². The number of phenolic OH excluding ortho intramolecular Hbond substituents is 1. The minimum absolute atomic E-state index is 0.0885. The highest BCUT2D eigenvalue weighted by Gasteiger charge is 2.03. The summed E-state index contributed by atoms with van der Waals surface area (Å²) in [7, 11) is 0. The van der Waals surface area contributed by atoms with E-state index in [1.54, 1.807) is 24.3 Å². The molecule has 0 bridgehead atoms. The van der Waals surface area contributed by atoms with Crippen LogP contribution in [0, 0.1) is 0 Å². The molecule has 0 aromatic heterocycles. The van der Waals surface area contributed by atoms with Gasteiger partial charge >= 0.3 is 0 Å². The Kier molecular flexibility index (Phi) is 6.21. The number of aromatic hydroxyl groups is 1. The van der Waals surface area contributed by atoms with Gasteiger partial charge in [0.2, 0.25) is 5.91 Å². The smallest absolute Gasteiger partial charge is 0.224 e. The lowest BCUT2D eigenvalue weighted by Gasteiger charge is -2.05. The van der Waals surface area contributed by atoms with E-state index in [9.17, 15) is 9.90 Å². The first-order valence-corrected chi connectivity index (χ1v) is 6.13. The van der Waals surface area contributed by atoms with Gasteiger partial charge < -0.3 is 21.4 Å². The largest absolute Gasteiger partial charge is 0.508 e. The number of amidine groups is 1. The topological polar surface area (TPSA) is 108 Å². The molecule has 104 valence electrons. The average molecular weight is 265 g/mol. The summed E-state index contributed by atoms with van der Waals surface area (Å²) in [6, 6.07) is 6.62. The Labute approximate surface area is 111 Å². The Bertz CT molecular complexity index is 447. The van der Waals surface area contributed by atoms with Crippen LogP contribution in [0.5, 0.6) is 5.75 Å². The first-order valence-electron chi connectivity index (χ1n) is 6.13. The van der Waals surface area contributed by atoms with Gasteiger partial charge in [-0.15, -0.1) is 0 Å². The number of nitrogens with one attached hydrogen (secondary N) is 1. The number of hydrogen-bond acceptors (Lipinski definition) is 4. The van der Waals surface area contributed by atoms with Crippen molar-refractivity contribution in [2.24, 2.45) is 10.9 Å². The summed E-state index contributed by atoms with van der Waals surface area (Å²) < 4.78 is 0. The molecule has 0 fully saturated rings. The van der Waals surface area contributed by atoms with Gasteiger partial charge in [0.15, 0.2) is 0 Å². The predicted molar refractivity (Wildman–Crippen MR) is 72.1 cm³/mol. The van der Waals surface area contributed by atoms with Crippen LogP contribution in [-0.4, -0.2) is 28.6 Å². The lowest BCUT2D eigenvalue weighted by molar-refractivity contribution is -0.120. The normalized spacial score (nSPS) is 11.3. The lowest BCUT2D eigenvalue weighted by Crippen LogP contribution is -2.26. The number of carbonyl (C=O) groups is 1. The molecule has 0 radical (unpaired) electrons. The van der Waals surface area contributed by atoms with Crippen LogP contribution in [0.4, 0.5) is 0 Å². The molecule has 0 spiro atoms. The van der Waals surface area contributed by atoms with E-state index in [0.29, 0.717) is 13.0 Å². The first kappa shape index (κ1) is 14.8. The zero-order valence-electron chi connectivity index (χ0n) is 10.7. The molecule has 0 heterocycles. The maximum absolute atomic E-state index is 11.6. The molecule has 0 atom stereocenters. The lowest BCUT2D eigenvalue weighted by atomic mass is 10.1. The molecule has 0 aliphatic rings. The molecule has 0 unspecified atom stereocenters. The first-order chi connectivity index (χ1) is 9.11. The summed E-state index contributed by atoms with van der Waals surface area (Å²) in [6.07, 6.45) is 2.28. The van der Waals surface area contributed by atoms with Gasteiger partial charge in [0.1, 0.15) is 11.6 Å². The minimum Gasteiger partial charge on any atom is -0.508 e. The summed E-state index contributed by atoms with van der Waals surface area (Å²) in [5, 5.41) is 23.3. The van der Waals surface area contributed by atoms with Crippen LogP contribution in [0.2, 0.25) is 0 Å².